The van der Waals surface area contributed by atoms with Crippen molar-refractivity contribution in [1.82, 2.24) is 0 Å². The molecule has 0 aromatic heterocycles. The van der Waals surface area contributed by atoms with Crippen molar-refractivity contribution in [2.75, 3.05) is 13.7 Å². The normalized spacial score (nSPS) is 37.3. The minimum absolute atomic E-state index is 0.0639. The molecule has 3 rings (SSSR count). The summed E-state index contributed by atoms with van der Waals surface area (Å²) in [4.78, 5) is 36.1. The summed E-state index contributed by atoms with van der Waals surface area (Å²) >= 11 is 0. The number of ether oxygens (including phenoxy) is 5. The molecule has 0 saturated carbocycles. The number of methoxy groups -OCH3 is 1. The standard InChI is InChI=1S/C21H28O9/c1-6-16(23)28-15-10-20(4,25)21(26-5)8-7-19(3,30-21)9-14-17(15)13(18(24)29-14)11-27-12(2)22/h9,15,25H,6-8,10-11H2,1-5H3/b14-9+/t15-,19+,20+,21-/m0/s1. The number of rotatable bonds is 5. The number of fused-ring (bicyclic) bond motifs is 3. The van der Waals surface area contributed by atoms with Gasteiger partial charge in [-0.05, 0) is 26.3 Å². The van der Waals surface area contributed by atoms with Gasteiger partial charge >= 0.3 is 17.9 Å². The molecule has 4 atom stereocenters. The van der Waals surface area contributed by atoms with Crippen molar-refractivity contribution in [2.45, 2.75) is 76.5 Å². The third kappa shape index (κ3) is 3.89. The van der Waals surface area contributed by atoms with Gasteiger partial charge in [0.1, 0.15) is 24.1 Å². The zero-order valence-corrected chi connectivity index (χ0v) is 17.9. The molecule has 1 N–H and O–H groups in total. The van der Waals surface area contributed by atoms with Gasteiger partial charge in [0.05, 0.1) is 11.2 Å². The molecule has 9 heteroatoms. The summed E-state index contributed by atoms with van der Waals surface area (Å²) in [5.41, 5.74) is -2.14. The maximum atomic E-state index is 12.6. The van der Waals surface area contributed by atoms with E-state index in [-0.39, 0.29) is 36.4 Å². The molecule has 3 aliphatic heterocycles. The van der Waals surface area contributed by atoms with Gasteiger partial charge in [0.2, 0.25) is 0 Å². The summed E-state index contributed by atoms with van der Waals surface area (Å²) in [6, 6.07) is 0. The van der Waals surface area contributed by atoms with Gasteiger partial charge in [0.15, 0.2) is 5.79 Å². The molecule has 1 saturated heterocycles. The Bertz CT molecular complexity index is 824. The van der Waals surface area contributed by atoms with E-state index in [1.54, 1.807) is 26.8 Å². The Hall–Kier alpha value is -2.23. The first-order valence-electron chi connectivity index (χ1n) is 9.95. The monoisotopic (exact) mass is 424 g/mol. The topological polar surface area (TPSA) is 118 Å². The van der Waals surface area contributed by atoms with E-state index in [1.807, 2.05) is 0 Å². The van der Waals surface area contributed by atoms with E-state index in [4.69, 9.17) is 23.7 Å². The Morgan fingerprint density at radius 3 is 2.60 bits per heavy atom. The lowest BCUT2D eigenvalue weighted by Crippen LogP contribution is -2.56. The zero-order chi connectivity index (χ0) is 22.3. The number of carbonyl (C=O) groups excluding carboxylic acids is 3. The van der Waals surface area contributed by atoms with Crippen molar-refractivity contribution in [3.63, 3.8) is 0 Å². The molecular formula is C21H28O9. The highest BCUT2D eigenvalue weighted by Crippen LogP contribution is 2.50. The highest BCUT2D eigenvalue weighted by Gasteiger charge is 2.60. The lowest BCUT2D eigenvalue weighted by molar-refractivity contribution is -0.310. The first-order valence-corrected chi connectivity index (χ1v) is 9.95. The van der Waals surface area contributed by atoms with Gasteiger partial charge in [-0.2, -0.15) is 0 Å². The lowest BCUT2D eigenvalue weighted by atomic mass is 9.82. The van der Waals surface area contributed by atoms with Crippen molar-refractivity contribution < 1.29 is 43.2 Å². The first-order chi connectivity index (χ1) is 14.0. The Morgan fingerprint density at radius 2 is 2.00 bits per heavy atom. The third-order valence-corrected chi connectivity index (χ3v) is 5.86. The molecule has 3 aliphatic rings. The maximum Gasteiger partial charge on any atom is 0.343 e. The van der Waals surface area contributed by atoms with Crippen LogP contribution in [0.15, 0.2) is 23.0 Å². The highest BCUT2D eigenvalue weighted by molar-refractivity contribution is 5.95. The van der Waals surface area contributed by atoms with Crippen LogP contribution in [-0.2, 0) is 38.1 Å². The molecular weight excluding hydrogens is 396 g/mol. The molecule has 0 aromatic carbocycles. The molecule has 30 heavy (non-hydrogen) atoms. The molecule has 0 unspecified atom stereocenters. The van der Waals surface area contributed by atoms with Crippen LogP contribution in [0.3, 0.4) is 0 Å². The van der Waals surface area contributed by atoms with Crippen LogP contribution in [0.25, 0.3) is 0 Å². The van der Waals surface area contributed by atoms with E-state index in [0.717, 1.165) is 0 Å². The summed E-state index contributed by atoms with van der Waals surface area (Å²) in [5.74, 6) is -2.96. The maximum absolute atomic E-state index is 12.6. The predicted molar refractivity (Wildman–Crippen MR) is 102 cm³/mol. The zero-order valence-electron chi connectivity index (χ0n) is 17.9. The van der Waals surface area contributed by atoms with Crippen LogP contribution >= 0.6 is 0 Å². The summed E-state index contributed by atoms with van der Waals surface area (Å²) in [6.45, 7) is 5.87. The van der Waals surface area contributed by atoms with Crippen molar-refractivity contribution in [1.29, 1.82) is 0 Å². The Morgan fingerprint density at radius 1 is 1.30 bits per heavy atom. The van der Waals surface area contributed by atoms with Gasteiger partial charge in [0.25, 0.3) is 0 Å². The number of hydrogen-bond acceptors (Lipinski definition) is 9. The number of hydrogen-bond donors (Lipinski definition) is 1. The highest BCUT2D eigenvalue weighted by atomic mass is 16.7. The van der Waals surface area contributed by atoms with Crippen LogP contribution < -0.4 is 0 Å². The van der Waals surface area contributed by atoms with Gasteiger partial charge in [-0.1, -0.05) is 6.92 Å². The van der Waals surface area contributed by atoms with Crippen LogP contribution in [0.5, 0.6) is 0 Å². The Balaban J connectivity index is 2.17. The third-order valence-electron chi connectivity index (χ3n) is 5.86. The molecule has 166 valence electrons. The molecule has 0 radical (unpaired) electrons. The van der Waals surface area contributed by atoms with E-state index >= 15 is 0 Å². The molecule has 9 nitrogen and oxygen atoms in total. The molecule has 2 bridgehead atoms. The molecule has 1 fully saturated rings. The molecule has 0 spiro atoms. The van der Waals surface area contributed by atoms with Crippen LogP contribution in [0.2, 0.25) is 0 Å². The average Bonchev–Trinajstić information content (AvgIpc) is 3.16. The second kappa shape index (κ2) is 7.79. The average molecular weight is 424 g/mol. The largest absolute Gasteiger partial charge is 0.461 e. The predicted octanol–water partition coefficient (Wildman–Crippen LogP) is 1.68. The van der Waals surface area contributed by atoms with Gasteiger partial charge in [0, 0.05) is 38.9 Å². The Labute approximate surface area is 174 Å². The SMILES string of the molecule is CCC(=O)O[C@H]1C[C@@](C)(O)[C@]2(OC)CC[C@](C)(/C=C3/OC(=O)C(COC(C)=O)=C31)O2. The number of carbonyl (C=O) groups is 3. The quantitative estimate of drug-likeness (QED) is 0.519. The van der Waals surface area contributed by atoms with E-state index < -0.39 is 41.0 Å². The van der Waals surface area contributed by atoms with Crippen LogP contribution in [-0.4, -0.2) is 59.8 Å². The van der Waals surface area contributed by atoms with E-state index in [0.29, 0.717) is 12.8 Å². The van der Waals surface area contributed by atoms with Crippen molar-refractivity contribution in [3.05, 3.63) is 23.0 Å². The van der Waals surface area contributed by atoms with Crippen molar-refractivity contribution in [2.24, 2.45) is 0 Å². The summed E-state index contributed by atoms with van der Waals surface area (Å²) in [7, 11) is 1.45. The second-order valence-electron chi connectivity index (χ2n) is 8.25. The van der Waals surface area contributed by atoms with Crippen molar-refractivity contribution in [3.8, 4) is 0 Å². The fourth-order valence-corrected chi connectivity index (χ4v) is 4.22. The summed E-state index contributed by atoms with van der Waals surface area (Å²) in [5, 5.41) is 11.4. The van der Waals surface area contributed by atoms with E-state index in [9.17, 15) is 19.5 Å². The number of aliphatic hydroxyl groups is 1. The van der Waals surface area contributed by atoms with Crippen molar-refractivity contribution >= 4 is 17.9 Å². The minimum atomic E-state index is -1.58. The van der Waals surface area contributed by atoms with Gasteiger partial charge in [-0.15, -0.1) is 0 Å². The summed E-state index contributed by atoms with van der Waals surface area (Å²) < 4.78 is 27.9. The fourth-order valence-electron chi connectivity index (χ4n) is 4.22. The van der Waals surface area contributed by atoms with Gasteiger partial charge in [-0.3, -0.25) is 9.59 Å². The first kappa shape index (κ1) is 22.5. The summed E-state index contributed by atoms with van der Waals surface area (Å²) in [6.07, 6.45) is 1.48. The molecule has 0 amide bonds. The van der Waals surface area contributed by atoms with Crippen LogP contribution in [0.4, 0.5) is 0 Å². The molecule has 3 heterocycles. The smallest absolute Gasteiger partial charge is 0.343 e. The van der Waals surface area contributed by atoms with E-state index in [1.165, 1.54) is 14.0 Å². The van der Waals surface area contributed by atoms with Crippen LogP contribution in [0, 0.1) is 0 Å². The fraction of sp³-hybridized carbons (Fsp3) is 0.667. The number of esters is 3. The van der Waals surface area contributed by atoms with Gasteiger partial charge in [-0.25, -0.2) is 4.79 Å². The molecule has 0 aromatic rings. The second-order valence-corrected chi connectivity index (χ2v) is 8.25. The van der Waals surface area contributed by atoms with E-state index in [2.05, 4.69) is 0 Å². The Kier molecular flexibility index (Phi) is 5.83. The minimum Gasteiger partial charge on any atom is -0.461 e. The lowest BCUT2D eigenvalue weighted by Gasteiger charge is -2.42. The van der Waals surface area contributed by atoms with Crippen LogP contribution in [0.1, 0.15) is 53.4 Å². The van der Waals surface area contributed by atoms with Gasteiger partial charge < -0.3 is 28.8 Å². The molecule has 0 aliphatic carbocycles.